The lowest BCUT2D eigenvalue weighted by Gasteiger charge is -2.22. The fourth-order valence-corrected chi connectivity index (χ4v) is 4.64. The molecular formula is C20H23NO5S. The Hall–Kier alpha value is -2.25. The van der Waals surface area contributed by atoms with Gasteiger partial charge in [0.25, 0.3) is 0 Å². The summed E-state index contributed by atoms with van der Waals surface area (Å²) in [6.45, 7) is 3.28. The van der Waals surface area contributed by atoms with Crippen LogP contribution in [0, 0.1) is 6.92 Å². The van der Waals surface area contributed by atoms with Crippen molar-refractivity contribution in [3.8, 4) is 17.2 Å². The Morgan fingerprint density at radius 3 is 2.48 bits per heavy atom. The van der Waals surface area contributed by atoms with E-state index < -0.39 is 10.0 Å². The predicted molar refractivity (Wildman–Crippen MR) is 101 cm³/mol. The molecule has 0 amide bonds. The Kier molecular flexibility index (Phi) is 4.52. The lowest BCUT2D eigenvalue weighted by Crippen LogP contribution is -2.32. The van der Waals surface area contributed by atoms with E-state index >= 15 is 0 Å². The number of hydrogen-bond acceptors (Lipinski definition) is 5. The van der Waals surface area contributed by atoms with E-state index in [-0.39, 0.29) is 10.3 Å². The Balaban J connectivity index is 1.51. The minimum Gasteiger partial charge on any atom is -0.496 e. The highest BCUT2D eigenvalue weighted by Gasteiger charge is 2.45. The second-order valence-corrected chi connectivity index (χ2v) is 8.86. The molecular weight excluding hydrogens is 366 g/mol. The lowest BCUT2D eigenvalue weighted by molar-refractivity contribution is 0.171. The molecule has 4 rings (SSSR count). The first-order valence-electron chi connectivity index (χ1n) is 8.98. The highest BCUT2D eigenvalue weighted by molar-refractivity contribution is 7.89. The molecule has 27 heavy (non-hydrogen) atoms. The van der Waals surface area contributed by atoms with Crippen LogP contribution in [0.15, 0.2) is 41.3 Å². The molecule has 1 fully saturated rings. The quantitative estimate of drug-likeness (QED) is 0.822. The molecule has 0 aromatic heterocycles. The van der Waals surface area contributed by atoms with Crippen molar-refractivity contribution in [2.75, 3.05) is 26.9 Å². The summed E-state index contributed by atoms with van der Waals surface area (Å²) in [6, 6.07) is 10.8. The first-order chi connectivity index (χ1) is 12.9. The van der Waals surface area contributed by atoms with Gasteiger partial charge in [-0.05, 0) is 61.2 Å². The summed E-state index contributed by atoms with van der Waals surface area (Å²) < 4.78 is 44.7. The molecule has 2 aromatic rings. The Morgan fingerprint density at radius 1 is 1.07 bits per heavy atom. The average Bonchev–Trinajstić information content (AvgIpc) is 3.47. The van der Waals surface area contributed by atoms with Crippen LogP contribution in [0.2, 0.25) is 0 Å². The van der Waals surface area contributed by atoms with Gasteiger partial charge in [-0.3, -0.25) is 0 Å². The second kappa shape index (κ2) is 6.73. The minimum atomic E-state index is -3.59. The number of nitrogens with one attached hydrogen (secondary N) is 1. The van der Waals surface area contributed by atoms with Crippen molar-refractivity contribution in [1.29, 1.82) is 0 Å². The number of methoxy groups -OCH3 is 1. The molecule has 0 unspecified atom stereocenters. The van der Waals surface area contributed by atoms with Gasteiger partial charge in [0.15, 0.2) is 11.5 Å². The van der Waals surface area contributed by atoms with Crippen molar-refractivity contribution >= 4 is 10.0 Å². The van der Waals surface area contributed by atoms with Crippen LogP contribution < -0.4 is 18.9 Å². The van der Waals surface area contributed by atoms with Crippen LogP contribution >= 0.6 is 0 Å². The van der Waals surface area contributed by atoms with E-state index in [1.807, 2.05) is 25.1 Å². The number of ether oxygens (including phenoxy) is 3. The molecule has 144 valence electrons. The van der Waals surface area contributed by atoms with Crippen LogP contribution in [-0.2, 0) is 15.4 Å². The Labute approximate surface area is 159 Å². The van der Waals surface area contributed by atoms with Gasteiger partial charge >= 0.3 is 0 Å². The molecule has 2 aromatic carbocycles. The summed E-state index contributed by atoms with van der Waals surface area (Å²) in [4.78, 5) is 0.249. The van der Waals surface area contributed by atoms with E-state index in [1.165, 1.54) is 0 Å². The maximum Gasteiger partial charge on any atom is 0.240 e. The topological polar surface area (TPSA) is 73.9 Å². The number of hydrogen-bond donors (Lipinski definition) is 1. The van der Waals surface area contributed by atoms with Crippen LogP contribution in [0.4, 0.5) is 0 Å². The maximum atomic E-state index is 12.7. The number of sulfonamides is 1. The van der Waals surface area contributed by atoms with Gasteiger partial charge in [-0.2, -0.15) is 0 Å². The largest absolute Gasteiger partial charge is 0.496 e. The zero-order chi connectivity index (χ0) is 19.1. The zero-order valence-corrected chi connectivity index (χ0v) is 16.3. The molecule has 0 atom stereocenters. The highest BCUT2D eigenvalue weighted by atomic mass is 32.2. The van der Waals surface area contributed by atoms with Gasteiger partial charge in [-0.1, -0.05) is 6.07 Å². The van der Waals surface area contributed by atoms with Crippen molar-refractivity contribution < 1.29 is 22.6 Å². The molecule has 1 heterocycles. The number of benzene rings is 2. The van der Waals surface area contributed by atoms with Crippen molar-refractivity contribution in [3.05, 3.63) is 47.5 Å². The smallest absolute Gasteiger partial charge is 0.240 e. The molecule has 1 saturated carbocycles. The molecule has 6 nitrogen and oxygen atoms in total. The number of fused-ring (bicyclic) bond motifs is 1. The van der Waals surface area contributed by atoms with Gasteiger partial charge in [0.1, 0.15) is 19.0 Å². The number of aryl methyl sites for hydroxylation is 1. The minimum absolute atomic E-state index is 0.176. The van der Waals surface area contributed by atoms with Crippen LogP contribution in [0.25, 0.3) is 0 Å². The SMILES string of the molecule is COc1ccc(S(=O)(=O)NCC2(c3ccc4c(c3)OCCO4)CC2)cc1C. The van der Waals surface area contributed by atoms with Crippen molar-refractivity contribution in [1.82, 2.24) is 4.72 Å². The fourth-order valence-electron chi connectivity index (χ4n) is 3.43. The Bertz CT molecular complexity index is 966. The standard InChI is InChI=1S/C20H23NO5S/c1-14-11-16(4-6-17(14)24-2)27(22,23)21-13-20(7-8-20)15-3-5-18-19(12-15)26-10-9-25-18/h3-6,11-12,21H,7-10,13H2,1-2H3. The third-order valence-electron chi connectivity index (χ3n) is 5.29. The van der Waals surface area contributed by atoms with Crippen LogP contribution in [-0.4, -0.2) is 35.3 Å². The third kappa shape index (κ3) is 3.49. The summed E-state index contributed by atoms with van der Waals surface area (Å²) in [5, 5.41) is 0. The summed E-state index contributed by atoms with van der Waals surface area (Å²) in [6.07, 6.45) is 1.88. The van der Waals surface area contributed by atoms with Crippen molar-refractivity contribution in [2.45, 2.75) is 30.1 Å². The van der Waals surface area contributed by atoms with Crippen LogP contribution in [0.3, 0.4) is 0 Å². The molecule has 1 aliphatic heterocycles. The Morgan fingerprint density at radius 2 is 1.81 bits per heavy atom. The van der Waals surface area contributed by atoms with Gasteiger partial charge in [0, 0.05) is 12.0 Å². The van der Waals surface area contributed by atoms with Gasteiger partial charge in [0.05, 0.1) is 12.0 Å². The molecule has 0 spiro atoms. The molecule has 0 saturated heterocycles. The lowest BCUT2D eigenvalue weighted by atomic mass is 9.96. The second-order valence-electron chi connectivity index (χ2n) is 7.09. The van der Waals surface area contributed by atoms with E-state index in [2.05, 4.69) is 4.72 Å². The first-order valence-corrected chi connectivity index (χ1v) is 10.5. The van der Waals surface area contributed by atoms with E-state index in [4.69, 9.17) is 14.2 Å². The summed E-state index contributed by atoms with van der Waals surface area (Å²) in [5.74, 6) is 2.15. The fraction of sp³-hybridized carbons (Fsp3) is 0.400. The van der Waals surface area contributed by atoms with E-state index in [1.54, 1.807) is 25.3 Å². The van der Waals surface area contributed by atoms with Crippen molar-refractivity contribution in [3.63, 3.8) is 0 Å². The van der Waals surface area contributed by atoms with Gasteiger partial charge in [-0.25, -0.2) is 13.1 Å². The van der Waals surface area contributed by atoms with Gasteiger partial charge in [0.2, 0.25) is 10.0 Å². The molecule has 0 bridgehead atoms. The van der Waals surface area contributed by atoms with Crippen LogP contribution in [0.1, 0.15) is 24.0 Å². The molecule has 2 aliphatic rings. The molecule has 7 heteroatoms. The van der Waals surface area contributed by atoms with Crippen LogP contribution in [0.5, 0.6) is 17.2 Å². The summed E-state index contributed by atoms with van der Waals surface area (Å²) in [5.41, 5.74) is 1.69. The average molecular weight is 389 g/mol. The normalized spacial score (nSPS) is 17.4. The zero-order valence-electron chi connectivity index (χ0n) is 15.4. The maximum absolute atomic E-state index is 12.7. The molecule has 1 N–H and O–H groups in total. The van der Waals surface area contributed by atoms with E-state index in [9.17, 15) is 8.42 Å². The van der Waals surface area contributed by atoms with E-state index in [0.717, 1.165) is 35.5 Å². The molecule has 0 radical (unpaired) electrons. The molecule has 1 aliphatic carbocycles. The van der Waals surface area contributed by atoms with Gasteiger partial charge in [-0.15, -0.1) is 0 Å². The third-order valence-corrected chi connectivity index (χ3v) is 6.68. The summed E-state index contributed by atoms with van der Waals surface area (Å²) in [7, 11) is -2.02. The first kappa shape index (κ1) is 18.1. The van der Waals surface area contributed by atoms with Gasteiger partial charge < -0.3 is 14.2 Å². The van der Waals surface area contributed by atoms with E-state index in [0.29, 0.717) is 25.5 Å². The number of rotatable bonds is 6. The predicted octanol–water partition coefficient (Wildman–Crippen LogP) is 2.78. The highest BCUT2D eigenvalue weighted by Crippen LogP contribution is 2.49. The monoisotopic (exact) mass is 389 g/mol. The summed E-state index contributed by atoms with van der Waals surface area (Å²) >= 11 is 0. The van der Waals surface area contributed by atoms with Crippen molar-refractivity contribution in [2.24, 2.45) is 0 Å².